The molecule has 6 heteroatoms. The Morgan fingerprint density at radius 3 is 2.52 bits per heavy atom. The Morgan fingerprint density at radius 1 is 1.07 bits per heavy atom. The first-order chi connectivity index (χ1) is 14.0. The Labute approximate surface area is 183 Å². The molecule has 2 N–H and O–H groups in total. The van der Waals surface area contributed by atoms with Gasteiger partial charge in [0.05, 0.1) is 10.7 Å². The molecular formula is C23H29Cl2N3O. The fraction of sp³-hybridized carbons (Fsp3) is 0.435. The number of urea groups is 1. The third-order valence-electron chi connectivity index (χ3n) is 5.48. The minimum Gasteiger partial charge on any atom is -0.337 e. The van der Waals surface area contributed by atoms with Crippen LogP contribution in [-0.4, -0.2) is 37.1 Å². The first kappa shape index (κ1) is 21.9. The van der Waals surface area contributed by atoms with Gasteiger partial charge in [-0.05, 0) is 69.6 Å². The highest BCUT2D eigenvalue weighted by atomic mass is 35.5. The smallest absolute Gasteiger partial charge is 0.319 e. The number of halogens is 2. The first-order valence-corrected chi connectivity index (χ1v) is 11.1. The number of nitrogens with one attached hydrogen (secondary N) is 2. The third-order valence-corrected chi connectivity index (χ3v) is 6.04. The summed E-state index contributed by atoms with van der Waals surface area (Å²) in [5, 5.41) is 6.80. The van der Waals surface area contributed by atoms with Crippen LogP contribution >= 0.6 is 23.2 Å². The number of anilines is 1. The van der Waals surface area contributed by atoms with Crippen molar-refractivity contribution in [1.82, 2.24) is 10.2 Å². The van der Waals surface area contributed by atoms with Gasteiger partial charge in [-0.1, -0.05) is 59.5 Å². The van der Waals surface area contributed by atoms with Gasteiger partial charge in [0.15, 0.2) is 0 Å². The van der Waals surface area contributed by atoms with E-state index in [4.69, 9.17) is 23.2 Å². The van der Waals surface area contributed by atoms with Crippen molar-refractivity contribution in [2.45, 2.75) is 38.5 Å². The van der Waals surface area contributed by atoms with Crippen LogP contribution in [-0.2, 0) is 0 Å². The molecule has 1 saturated heterocycles. The van der Waals surface area contributed by atoms with Gasteiger partial charge in [0.1, 0.15) is 0 Å². The first-order valence-electron chi connectivity index (χ1n) is 10.3. The molecule has 156 valence electrons. The van der Waals surface area contributed by atoms with Crippen molar-refractivity contribution in [1.29, 1.82) is 0 Å². The number of likely N-dealkylation sites (tertiary alicyclic amines) is 1. The van der Waals surface area contributed by atoms with E-state index in [0.717, 1.165) is 13.0 Å². The van der Waals surface area contributed by atoms with E-state index in [1.54, 1.807) is 18.2 Å². The minimum absolute atomic E-state index is 0.262. The van der Waals surface area contributed by atoms with Crippen molar-refractivity contribution < 1.29 is 4.79 Å². The number of aryl methyl sites for hydroxylation is 1. The second-order valence-electron chi connectivity index (χ2n) is 7.76. The molecule has 0 aliphatic carbocycles. The average molecular weight is 434 g/mol. The molecule has 1 fully saturated rings. The molecule has 4 nitrogen and oxygen atoms in total. The van der Waals surface area contributed by atoms with E-state index in [1.807, 2.05) is 0 Å². The normalized spacial score (nSPS) is 15.7. The van der Waals surface area contributed by atoms with Gasteiger partial charge in [-0.25, -0.2) is 4.79 Å². The fourth-order valence-corrected chi connectivity index (χ4v) is 4.06. The number of rotatable bonds is 7. The summed E-state index contributed by atoms with van der Waals surface area (Å²) in [6.45, 7) is 6.08. The highest BCUT2D eigenvalue weighted by Crippen LogP contribution is 2.25. The van der Waals surface area contributed by atoms with Crippen LogP contribution in [0.1, 0.15) is 42.7 Å². The number of benzene rings is 2. The van der Waals surface area contributed by atoms with Gasteiger partial charge in [-0.15, -0.1) is 0 Å². The van der Waals surface area contributed by atoms with Crippen molar-refractivity contribution in [2.24, 2.45) is 0 Å². The summed E-state index contributed by atoms with van der Waals surface area (Å²) in [4.78, 5) is 15.0. The molecule has 0 bridgehead atoms. The summed E-state index contributed by atoms with van der Waals surface area (Å²) in [6.07, 6.45) is 4.93. The predicted octanol–water partition coefficient (Wildman–Crippen LogP) is 6.08. The van der Waals surface area contributed by atoms with E-state index in [0.29, 0.717) is 22.3 Å². The molecule has 1 aliphatic heterocycles. The lowest BCUT2D eigenvalue weighted by Gasteiger charge is -2.28. The molecule has 0 saturated carbocycles. The summed E-state index contributed by atoms with van der Waals surface area (Å²) in [6, 6.07) is 13.4. The topological polar surface area (TPSA) is 44.4 Å². The monoisotopic (exact) mass is 433 g/mol. The maximum Gasteiger partial charge on any atom is 0.319 e. The zero-order valence-corrected chi connectivity index (χ0v) is 18.4. The van der Waals surface area contributed by atoms with Crippen molar-refractivity contribution in [3.05, 3.63) is 63.6 Å². The number of carbonyl (C=O) groups excluding carboxylic acids is 1. The maximum absolute atomic E-state index is 12.4. The van der Waals surface area contributed by atoms with Crippen LogP contribution in [0.2, 0.25) is 10.0 Å². The van der Waals surface area contributed by atoms with E-state index >= 15 is 0 Å². The van der Waals surface area contributed by atoms with Crippen molar-refractivity contribution in [3.63, 3.8) is 0 Å². The van der Waals surface area contributed by atoms with Gasteiger partial charge < -0.3 is 15.5 Å². The molecule has 2 aromatic carbocycles. The van der Waals surface area contributed by atoms with Crippen LogP contribution in [0.3, 0.4) is 0 Å². The molecule has 0 aromatic heterocycles. The molecule has 2 amide bonds. The lowest BCUT2D eigenvalue weighted by Crippen LogP contribution is -2.35. The summed E-state index contributed by atoms with van der Waals surface area (Å²) < 4.78 is 0. The Morgan fingerprint density at radius 2 is 1.79 bits per heavy atom. The van der Waals surface area contributed by atoms with E-state index in [1.165, 1.54) is 43.5 Å². The third kappa shape index (κ3) is 6.91. The summed E-state index contributed by atoms with van der Waals surface area (Å²) >= 11 is 12.1. The number of amides is 2. The molecule has 3 rings (SSSR count). The molecule has 1 heterocycles. The lowest BCUT2D eigenvalue weighted by molar-refractivity contribution is 0.219. The second kappa shape index (κ2) is 10.9. The highest BCUT2D eigenvalue weighted by molar-refractivity contribution is 6.35. The highest BCUT2D eigenvalue weighted by Gasteiger charge is 2.17. The molecular weight excluding hydrogens is 405 g/mol. The number of carbonyl (C=O) groups is 1. The van der Waals surface area contributed by atoms with Crippen molar-refractivity contribution in [3.8, 4) is 0 Å². The second-order valence-corrected chi connectivity index (χ2v) is 8.60. The van der Waals surface area contributed by atoms with Gasteiger partial charge in [0, 0.05) is 17.5 Å². The van der Waals surface area contributed by atoms with Crippen LogP contribution < -0.4 is 10.6 Å². The van der Waals surface area contributed by atoms with Gasteiger partial charge in [0.25, 0.3) is 0 Å². The van der Waals surface area contributed by atoms with E-state index in [2.05, 4.69) is 46.7 Å². The number of hydrogen-bond acceptors (Lipinski definition) is 2. The van der Waals surface area contributed by atoms with Crippen LogP contribution in [0, 0.1) is 6.92 Å². The van der Waals surface area contributed by atoms with Crippen LogP contribution in [0.4, 0.5) is 10.5 Å². The van der Waals surface area contributed by atoms with Crippen molar-refractivity contribution >= 4 is 34.9 Å². The van der Waals surface area contributed by atoms with E-state index < -0.39 is 0 Å². The molecule has 1 atom stereocenters. The molecule has 0 radical (unpaired) electrons. The molecule has 1 unspecified atom stereocenters. The van der Waals surface area contributed by atoms with Gasteiger partial charge in [0.2, 0.25) is 0 Å². The van der Waals surface area contributed by atoms with Crippen LogP contribution in [0.25, 0.3) is 0 Å². The van der Waals surface area contributed by atoms with Gasteiger partial charge in [-0.2, -0.15) is 0 Å². The van der Waals surface area contributed by atoms with Crippen LogP contribution in [0.15, 0.2) is 42.5 Å². The van der Waals surface area contributed by atoms with E-state index in [9.17, 15) is 4.79 Å². The van der Waals surface area contributed by atoms with Gasteiger partial charge in [-0.3, -0.25) is 0 Å². The largest absolute Gasteiger partial charge is 0.337 e. The Balaban J connectivity index is 1.60. The Hall–Kier alpha value is -1.75. The number of nitrogens with zero attached hydrogens (tertiary/aromatic N) is 1. The maximum atomic E-state index is 12.4. The Bertz CT molecular complexity index is 804. The quantitative estimate of drug-likeness (QED) is 0.555. The summed E-state index contributed by atoms with van der Waals surface area (Å²) in [7, 11) is 0. The zero-order valence-electron chi connectivity index (χ0n) is 16.9. The summed E-state index contributed by atoms with van der Waals surface area (Å²) in [5.41, 5.74) is 3.01. The fourth-order valence-electron chi connectivity index (χ4n) is 3.72. The molecule has 29 heavy (non-hydrogen) atoms. The van der Waals surface area contributed by atoms with E-state index in [-0.39, 0.29) is 11.9 Å². The van der Waals surface area contributed by atoms with Gasteiger partial charge >= 0.3 is 6.03 Å². The Kier molecular flexibility index (Phi) is 8.22. The van der Waals surface area contributed by atoms with Crippen molar-refractivity contribution in [2.75, 3.05) is 31.5 Å². The SMILES string of the molecule is Cc1ccc(C(CCN2CCCCC2)CNC(=O)Nc2cc(Cl)ccc2Cl)cc1. The molecule has 0 spiro atoms. The predicted molar refractivity (Wildman–Crippen MR) is 122 cm³/mol. The number of piperidine rings is 1. The molecule has 1 aliphatic rings. The minimum atomic E-state index is -0.274. The van der Waals surface area contributed by atoms with Crippen LogP contribution in [0.5, 0.6) is 0 Å². The zero-order chi connectivity index (χ0) is 20.6. The summed E-state index contributed by atoms with van der Waals surface area (Å²) in [5.74, 6) is 0.262. The number of hydrogen-bond donors (Lipinski definition) is 2. The average Bonchev–Trinajstić information content (AvgIpc) is 2.72. The lowest BCUT2D eigenvalue weighted by atomic mass is 9.94. The molecule has 2 aromatic rings. The standard InChI is InChI=1S/C23H29Cl2N3O/c1-17-5-7-18(8-6-17)19(11-14-28-12-3-2-4-13-28)16-26-23(29)27-22-15-20(24)9-10-21(22)25/h5-10,15,19H,2-4,11-14,16H2,1H3,(H2,26,27,29).